The Morgan fingerprint density at radius 3 is 2.61 bits per heavy atom. The number of carbonyl (C=O) groups excluding carboxylic acids is 1. The Morgan fingerprint density at radius 1 is 1.26 bits per heavy atom. The minimum atomic E-state index is -0.640. The summed E-state index contributed by atoms with van der Waals surface area (Å²) in [6, 6.07) is 11.9. The smallest absolute Gasteiger partial charge is 0.267 e. The van der Waals surface area contributed by atoms with Gasteiger partial charge in [0.25, 0.3) is 5.91 Å². The second kappa shape index (κ2) is 7.09. The van der Waals surface area contributed by atoms with Crippen LogP contribution in [0.15, 0.2) is 54.2 Å². The fourth-order valence-corrected chi connectivity index (χ4v) is 1.80. The number of nitrogens with one attached hydrogen (secondary N) is 2. The number of aryl methyl sites for hydroxylation is 1. The highest BCUT2D eigenvalue weighted by Gasteiger charge is 2.10. The zero-order valence-corrected chi connectivity index (χ0v) is 12.3. The third-order valence-electron chi connectivity index (χ3n) is 2.99. The number of nitriles is 1. The summed E-state index contributed by atoms with van der Waals surface area (Å²) in [7, 11) is 0. The molecule has 23 heavy (non-hydrogen) atoms. The molecular weight excluding hydrogens is 297 g/mol. The predicted octanol–water partition coefficient (Wildman–Crippen LogP) is 3.30. The first-order valence-corrected chi connectivity index (χ1v) is 6.73. The zero-order valence-electron chi connectivity index (χ0n) is 12.3. The van der Waals surface area contributed by atoms with Crippen LogP contribution in [0, 0.1) is 24.1 Å². The molecule has 2 rings (SSSR count). The number of anilines is 2. The van der Waals surface area contributed by atoms with Gasteiger partial charge in [0.15, 0.2) is 0 Å². The summed E-state index contributed by atoms with van der Waals surface area (Å²) in [4.78, 5) is 12.0. The van der Waals surface area contributed by atoms with Crippen LogP contribution in [0.1, 0.15) is 5.56 Å². The van der Waals surface area contributed by atoms with Gasteiger partial charge in [0.2, 0.25) is 0 Å². The molecular formula is C17H14FN3O2. The molecule has 0 saturated heterocycles. The highest BCUT2D eigenvalue weighted by Crippen LogP contribution is 2.24. The third kappa shape index (κ3) is 4.32. The van der Waals surface area contributed by atoms with Gasteiger partial charge < -0.3 is 15.7 Å². The molecule has 0 aliphatic heterocycles. The normalized spacial score (nSPS) is 10.7. The van der Waals surface area contributed by atoms with E-state index in [1.807, 2.05) is 6.92 Å². The first kappa shape index (κ1) is 16.0. The quantitative estimate of drug-likeness (QED) is 0.459. The number of phenolic OH excluding ortho intramolecular Hbond substituents is 1. The fraction of sp³-hybridized carbons (Fsp3) is 0.0588. The molecule has 0 spiro atoms. The number of hydrogen-bond donors (Lipinski definition) is 3. The molecule has 116 valence electrons. The van der Waals surface area contributed by atoms with E-state index < -0.39 is 11.7 Å². The molecule has 2 aromatic rings. The van der Waals surface area contributed by atoms with Gasteiger partial charge in [-0.05, 0) is 48.9 Å². The molecule has 0 radical (unpaired) electrons. The SMILES string of the molecule is Cc1ccc(O)c(NC=C(C#N)C(=O)Nc2ccc(F)cc2)c1. The highest BCUT2D eigenvalue weighted by atomic mass is 19.1. The topological polar surface area (TPSA) is 85.2 Å². The summed E-state index contributed by atoms with van der Waals surface area (Å²) in [6.45, 7) is 1.85. The first-order valence-electron chi connectivity index (χ1n) is 6.73. The lowest BCUT2D eigenvalue weighted by Crippen LogP contribution is -2.14. The van der Waals surface area contributed by atoms with Gasteiger partial charge in [-0.2, -0.15) is 5.26 Å². The van der Waals surface area contributed by atoms with Crippen LogP contribution in [0.2, 0.25) is 0 Å². The Hall–Kier alpha value is -3.33. The van der Waals surface area contributed by atoms with E-state index in [-0.39, 0.29) is 11.3 Å². The minimum absolute atomic E-state index is 0.00285. The Balaban J connectivity index is 2.12. The lowest BCUT2D eigenvalue weighted by molar-refractivity contribution is -0.112. The van der Waals surface area contributed by atoms with E-state index in [0.29, 0.717) is 11.4 Å². The van der Waals surface area contributed by atoms with Crippen molar-refractivity contribution >= 4 is 17.3 Å². The van der Waals surface area contributed by atoms with Crippen LogP contribution in [0.5, 0.6) is 5.75 Å². The number of halogens is 1. The van der Waals surface area contributed by atoms with Crippen LogP contribution < -0.4 is 10.6 Å². The second-order valence-electron chi connectivity index (χ2n) is 4.80. The number of rotatable bonds is 4. The number of amides is 1. The van der Waals surface area contributed by atoms with Crippen molar-refractivity contribution in [2.24, 2.45) is 0 Å². The van der Waals surface area contributed by atoms with Crippen molar-refractivity contribution in [2.75, 3.05) is 10.6 Å². The third-order valence-corrected chi connectivity index (χ3v) is 2.99. The van der Waals surface area contributed by atoms with E-state index in [1.54, 1.807) is 18.2 Å². The summed E-state index contributed by atoms with van der Waals surface area (Å²) in [5.41, 5.74) is 1.48. The van der Waals surface area contributed by atoms with E-state index in [4.69, 9.17) is 5.26 Å². The van der Waals surface area contributed by atoms with E-state index in [9.17, 15) is 14.3 Å². The average molecular weight is 311 g/mol. The van der Waals surface area contributed by atoms with Crippen molar-refractivity contribution in [1.82, 2.24) is 0 Å². The molecule has 0 aliphatic rings. The second-order valence-corrected chi connectivity index (χ2v) is 4.80. The molecule has 3 N–H and O–H groups in total. The first-order chi connectivity index (χ1) is 11.0. The molecule has 5 nitrogen and oxygen atoms in total. The van der Waals surface area contributed by atoms with Crippen molar-refractivity contribution in [3.63, 3.8) is 0 Å². The highest BCUT2D eigenvalue weighted by molar-refractivity contribution is 6.06. The molecule has 0 saturated carbocycles. The van der Waals surface area contributed by atoms with Gasteiger partial charge in [0.1, 0.15) is 23.2 Å². The molecule has 0 aromatic heterocycles. The maximum Gasteiger partial charge on any atom is 0.267 e. The zero-order chi connectivity index (χ0) is 16.8. The van der Waals surface area contributed by atoms with Crippen LogP contribution >= 0.6 is 0 Å². The largest absolute Gasteiger partial charge is 0.506 e. The number of benzene rings is 2. The molecule has 1 amide bonds. The summed E-state index contributed by atoms with van der Waals surface area (Å²) in [6.07, 6.45) is 1.20. The summed E-state index contributed by atoms with van der Waals surface area (Å²) in [5, 5.41) is 24.0. The van der Waals surface area contributed by atoms with Crippen molar-refractivity contribution in [3.8, 4) is 11.8 Å². The van der Waals surface area contributed by atoms with E-state index in [0.717, 1.165) is 5.56 Å². The molecule has 6 heteroatoms. The van der Waals surface area contributed by atoms with Crippen molar-refractivity contribution in [2.45, 2.75) is 6.92 Å². The number of hydrogen-bond acceptors (Lipinski definition) is 4. The maximum atomic E-state index is 12.8. The van der Waals surface area contributed by atoms with Crippen LogP contribution in [0.3, 0.4) is 0 Å². The number of phenols is 1. The Labute approximate surface area is 132 Å². The van der Waals surface area contributed by atoms with Gasteiger partial charge in [-0.3, -0.25) is 4.79 Å². The van der Waals surface area contributed by atoms with Gasteiger partial charge in [0.05, 0.1) is 5.69 Å². The van der Waals surface area contributed by atoms with Crippen LogP contribution in [0.25, 0.3) is 0 Å². The van der Waals surface area contributed by atoms with Gasteiger partial charge >= 0.3 is 0 Å². The van der Waals surface area contributed by atoms with Gasteiger partial charge in [0, 0.05) is 11.9 Å². The van der Waals surface area contributed by atoms with Crippen molar-refractivity contribution in [1.29, 1.82) is 5.26 Å². The molecule has 0 atom stereocenters. The molecule has 2 aromatic carbocycles. The fourth-order valence-electron chi connectivity index (χ4n) is 1.80. The maximum absolute atomic E-state index is 12.8. The van der Waals surface area contributed by atoms with Crippen LogP contribution in [-0.2, 0) is 4.79 Å². The van der Waals surface area contributed by atoms with Gasteiger partial charge in [-0.25, -0.2) is 4.39 Å². The lowest BCUT2D eigenvalue weighted by atomic mass is 10.2. The average Bonchev–Trinajstić information content (AvgIpc) is 2.53. The van der Waals surface area contributed by atoms with Crippen molar-refractivity contribution < 1.29 is 14.3 Å². The van der Waals surface area contributed by atoms with Crippen LogP contribution in [0.4, 0.5) is 15.8 Å². The molecule has 0 unspecified atom stereocenters. The molecule has 0 heterocycles. The Kier molecular flexibility index (Phi) is 4.95. The van der Waals surface area contributed by atoms with Gasteiger partial charge in [-0.1, -0.05) is 6.07 Å². The summed E-state index contributed by atoms with van der Waals surface area (Å²) in [5.74, 6) is -1.06. The minimum Gasteiger partial charge on any atom is -0.506 e. The molecule has 0 fully saturated rings. The number of nitrogens with zero attached hydrogens (tertiary/aromatic N) is 1. The van der Waals surface area contributed by atoms with E-state index in [1.165, 1.54) is 36.5 Å². The predicted molar refractivity (Wildman–Crippen MR) is 85.2 cm³/mol. The molecule has 0 bridgehead atoms. The van der Waals surface area contributed by atoms with Crippen molar-refractivity contribution in [3.05, 3.63) is 65.6 Å². The Morgan fingerprint density at radius 2 is 1.96 bits per heavy atom. The molecule has 0 aliphatic carbocycles. The van der Waals surface area contributed by atoms with E-state index >= 15 is 0 Å². The summed E-state index contributed by atoms with van der Waals surface area (Å²) >= 11 is 0. The standard InChI is InChI=1S/C17H14FN3O2/c1-11-2-7-16(22)15(8-11)20-10-12(9-19)17(23)21-14-5-3-13(18)4-6-14/h2-8,10,20,22H,1H3,(H,21,23). The Bertz CT molecular complexity index is 792. The number of carbonyl (C=O) groups is 1. The lowest BCUT2D eigenvalue weighted by Gasteiger charge is -2.07. The summed E-state index contributed by atoms with van der Waals surface area (Å²) < 4.78 is 12.8. The number of aromatic hydroxyl groups is 1. The van der Waals surface area contributed by atoms with E-state index in [2.05, 4.69) is 10.6 Å². The van der Waals surface area contributed by atoms with Gasteiger partial charge in [-0.15, -0.1) is 0 Å². The monoisotopic (exact) mass is 311 g/mol. The van der Waals surface area contributed by atoms with Crippen LogP contribution in [-0.4, -0.2) is 11.0 Å².